The van der Waals surface area contributed by atoms with Crippen molar-refractivity contribution in [3.05, 3.63) is 29.3 Å². The summed E-state index contributed by atoms with van der Waals surface area (Å²) >= 11 is 0. The smallest absolute Gasteiger partial charge is 0.0682 e. The summed E-state index contributed by atoms with van der Waals surface area (Å²) < 4.78 is 0. The van der Waals surface area contributed by atoms with Crippen molar-refractivity contribution in [2.75, 3.05) is 24.5 Å². The fraction of sp³-hybridized carbons (Fsp3) is 0.455. The molecule has 1 heterocycles. The summed E-state index contributed by atoms with van der Waals surface area (Å²) in [7, 11) is 0. The quantitative estimate of drug-likeness (QED) is 0.733. The minimum Gasteiger partial charge on any atom is -0.392 e. The van der Waals surface area contributed by atoms with Crippen molar-refractivity contribution in [1.29, 1.82) is 0 Å². The molecule has 0 aliphatic carbocycles. The summed E-state index contributed by atoms with van der Waals surface area (Å²) in [4.78, 5) is 2.29. The second-order valence-corrected chi connectivity index (χ2v) is 3.65. The van der Waals surface area contributed by atoms with Crippen LogP contribution in [0.15, 0.2) is 18.2 Å². The van der Waals surface area contributed by atoms with Gasteiger partial charge in [0.1, 0.15) is 0 Å². The Labute approximate surface area is 84.1 Å². The Morgan fingerprint density at radius 2 is 2.29 bits per heavy atom. The molecule has 0 radical (unpaired) electrons. The van der Waals surface area contributed by atoms with Gasteiger partial charge in [-0.3, -0.25) is 0 Å². The zero-order valence-electron chi connectivity index (χ0n) is 8.24. The average molecular weight is 192 g/mol. The van der Waals surface area contributed by atoms with E-state index >= 15 is 0 Å². The number of fused-ring (bicyclic) bond motifs is 1. The maximum absolute atomic E-state index is 9.04. The minimum atomic E-state index is 0.115. The van der Waals surface area contributed by atoms with Crippen molar-refractivity contribution in [2.24, 2.45) is 5.73 Å². The largest absolute Gasteiger partial charge is 0.392 e. The molecule has 2 rings (SSSR count). The molecule has 76 valence electrons. The Kier molecular flexibility index (Phi) is 2.70. The van der Waals surface area contributed by atoms with E-state index in [4.69, 9.17) is 10.8 Å². The van der Waals surface area contributed by atoms with Gasteiger partial charge in [-0.15, -0.1) is 0 Å². The Balaban J connectivity index is 2.27. The lowest BCUT2D eigenvalue weighted by atomic mass is 10.1. The third-order valence-electron chi connectivity index (χ3n) is 2.72. The lowest BCUT2D eigenvalue weighted by molar-refractivity contribution is 0.282. The lowest BCUT2D eigenvalue weighted by Gasteiger charge is -2.18. The standard InChI is InChI=1S/C11H16N2O/c12-4-6-13-5-3-10-2-1-9(8-14)7-11(10)13/h1-2,7,14H,3-6,8,12H2. The summed E-state index contributed by atoms with van der Waals surface area (Å²) in [5.41, 5.74) is 9.15. The predicted octanol–water partition coefficient (Wildman–Crippen LogP) is 0.500. The summed E-state index contributed by atoms with van der Waals surface area (Å²) in [5, 5.41) is 9.04. The van der Waals surface area contributed by atoms with Crippen LogP contribution in [-0.2, 0) is 13.0 Å². The minimum absolute atomic E-state index is 0.115. The molecule has 1 aromatic carbocycles. The molecule has 0 fully saturated rings. The first-order valence-electron chi connectivity index (χ1n) is 5.03. The highest BCUT2D eigenvalue weighted by molar-refractivity contribution is 5.59. The zero-order valence-corrected chi connectivity index (χ0v) is 8.24. The third kappa shape index (κ3) is 1.61. The van der Waals surface area contributed by atoms with E-state index in [1.807, 2.05) is 6.07 Å². The van der Waals surface area contributed by atoms with Crippen LogP contribution in [0.5, 0.6) is 0 Å². The molecule has 0 spiro atoms. The highest BCUT2D eigenvalue weighted by Gasteiger charge is 2.17. The molecule has 1 aromatic rings. The molecular weight excluding hydrogens is 176 g/mol. The first-order chi connectivity index (χ1) is 6.85. The first-order valence-corrected chi connectivity index (χ1v) is 5.03. The van der Waals surface area contributed by atoms with Crippen molar-refractivity contribution in [2.45, 2.75) is 13.0 Å². The number of aliphatic hydroxyl groups is 1. The highest BCUT2D eigenvalue weighted by Crippen LogP contribution is 2.28. The van der Waals surface area contributed by atoms with Gasteiger partial charge in [0.25, 0.3) is 0 Å². The zero-order chi connectivity index (χ0) is 9.97. The fourth-order valence-electron chi connectivity index (χ4n) is 1.98. The van der Waals surface area contributed by atoms with Crippen molar-refractivity contribution < 1.29 is 5.11 Å². The van der Waals surface area contributed by atoms with Crippen molar-refractivity contribution in [1.82, 2.24) is 0 Å². The van der Waals surface area contributed by atoms with Gasteiger partial charge in [0.05, 0.1) is 6.61 Å². The SMILES string of the molecule is NCCN1CCc2ccc(CO)cc21. The van der Waals surface area contributed by atoms with E-state index in [1.165, 1.54) is 11.3 Å². The topological polar surface area (TPSA) is 49.5 Å². The normalized spacial score (nSPS) is 14.6. The number of nitrogens with zero attached hydrogens (tertiary/aromatic N) is 1. The van der Waals surface area contributed by atoms with Crippen LogP contribution in [-0.4, -0.2) is 24.7 Å². The Morgan fingerprint density at radius 3 is 3.00 bits per heavy atom. The van der Waals surface area contributed by atoms with Gasteiger partial charge in [0.15, 0.2) is 0 Å². The molecule has 0 bridgehead atoms. The van der Waals surface area contributed by atoms with Crippen molar-refractivity contribution in [3.63, 3.8) is 0 Å². The van der Waals surface area contributed by atoms with Gasteiger partial charge in [-0.2, -0.15) is 0 Å². The Bertz CT molecular complexity index is 323. The monoisotopic (exact) mass is 192 g/mol. The van der Waals surface area contributed by atoms with Gasteiger partial charge in [-0.25, -0.2) is 0 Å². The molecule has 0 amide bonds. The molecule has 14 heavy (non-hydrogen) atoms. The van der Waals surface area contributed by atoms with Crippen LogP contribution in [0.4, 0.5) is 5.69 Å². The van der Waals surface area contributed by atoms with Crippen molar-refractivity contribution in [3.8, 4) is 0 Å². The molecule has 0 saturated heterocycles. The number of benzene rings is 1. The van der Waals surface area contributed by atoms with Crippen LogP contribution in [0.3, 0.4) is 0 Å². The summed E-state index contributed by atoms with van der Waals surface area (Å²) in [6, 6.07) is 6.17. The Morgan fingerprint density at radius 1 is 1.43 bits per heavy atom. The van der Waals surface area contributed by atoms with E-state index in [1.54, 1.807) is 0 Å². The van der Waals surface area contributed by atoms with Gasteiger partial charge >= 0.3 is 0 Å². The predicted molar refractivity (Wildman–Crippen MR) is 57.3 cm³/mol. The van der Waals surface area contributed by atoms with Gasteiger partial charge in [0.2, 0.25) is 0 Å². The van der Waals surface area contributed by atoms with Gasteiger partial charge < -0.3 is 15.7 Å². The number of nitrogens with two attached hydrogens (primary N) is 1. The maximum atomic E-state index is 9.04. The van der Waals surface area contributed by atoms with Gasteiger partial charge in [-0.1, -0.05) is 12.1 Å². The lowest BCUT2D eigenvalue weighted by Crippen LogP contribution is -2.27. The van der Waals surface area contributed by atoms with Crippen LogP contribution in [0.2, 0.25) is 0 Å². The number of aliphatic hydroxyl groups excluding tert-OH is 1. The second-order valence-electron chi connectivity index (χ2n) is 3.65. The summed E-state index contributed by atoms with van der Waals surface area (Å²) in [6.45, 7) is 2.76. The molecule has 3 N–H and O–H groups in total. The van der Waals surface area contributed by atoms with E-state index < -0.39 is 0 Å². The van der Waals surface area contributed by atoms with Crippen molar-refractivity contribution >= 4 is 5.69 Å². The van der Waals surface area contributed by atoms with E-state index in [9.17, 15) is 0 Å². The molecule has 1 aliphatic heterocycles. The molecule has 1 aliphatic rings. The van der Waals surface area contributed by atoms with Crippen LogP contribution in [0.25, 0.3) is 0 Å². The highest BCUT2D eigenvalue weighted by atomic mass is 16.3. The maximum Gasteiger partial charge on any atom is 0.0682 e. The molecule has 0 unspecified atom stereocenters. The Hall–Kier alpha value is -1.06. The third-order valence-corrected chi connectivity index (χ3v) is 2.72. The number of hydrogen-bond donors (Lipinski definition) is 2. The first kappa shape index (κ1) is 9.49. The number of anilines is 1. The molecule has 3 nitrogen and oxygen atoms in total. The van der Waals surface area contributed by atoms with E-state index in [-0.39, 0.29) is 6.61 Å². The second kappa shape index (κ2) is 3.98. The fourth-order valence-corrected chi connectivity index (χ4v) is 1.98. The summed E-state index contributed by atoms with van der Waals surface area (Å²) in [5.74, 6) is 0. The van der Waals surface area contributed by atoms with E-state index in [2.05, 4.69) is 17.0 Å². The van der Waals surface area contributed by atoms with Gasteiger partial charge in [-0.05, 0) is 23.6 Å². The summed E-state index contributed by atoms with van der Waals surface area (Å²) in [6.07, 6.45) is 1.10. The molecule has 0 atom stereocenters. The van der Waals surface area contributed by atoms with Gasteiger partial charge in [0, 0.05) is 25.3 Å². The number of rotatable bonds is 3. The van der Waals surface area contributed by atoms with Crippen LogP contribution >= 0.6 is 0 Å². The molecule has 0 aromatic heterocycles. The molecule has 3 heteroatoms. The average Bonchev–Trinajstić information content (AvgIpc) is 2.61. The molecular formula is C11H16N2O. The van der Waals surface area contributed by atoms with Crippen LogP contribution < -0.4 is 10.6 Å². The number of hydrogen-bond acceptors (Lipinski definition) is 3. The molecule has 0 saturated carbocycles. The van der Waals surface area contributed by atoms with Crippen LogP contribution in [0.1, 0.15) is 11.1 Å². The van der Waals surface area contributed by atoms with Crippen LogP contribution in [0, 0.1) is 0 Å². The van der Waals surface area contributed by atoms with E-state index in [0.717, 1.165) is 25.1 Å². The van der Waals surface area contributed by atoms with E-state index in [0.29, 0.717) is 6.54 Å².